The molecule has 1 nitrogen and oxygen atoms in total. The lowest BCUT2D eigenvalue weighted by molar-refractivity contribution is -0.934. The first kappa shape index (κ1) is 42.4. The summed E-state index contributed by atoms with van der Waals surface area (Å²) in [5.74, 6) is 0. The predicted molar refractivity (Wildman–Crippen MR) is 181 cm³/mol. The fourth-order valence-electron chi connectivity index (χ4n) is 6.78. The van der Waals surface area contributed by atoms with Crippen LogP contribution in [0.15, 0.2) is 0 Å². The van der Waals surface area contributed by atoms with Crippen molar-refractivity contribution in [1.82, 2.24) is 0 Å². The molecule has 0 aliphatic rings. The zero-order chi connectivity index (χ0) is 28.7. The highest BCUT2D eigenvalue weighted by molar-refractivity contribution is 4.64. The third-order valence-corrected chi connectivity index (χ3v) is 9.71. The van der Waals surface area contributed by atoms with Gasteiger partial charge in [0.25, 0.3) is 0 Å². The van der Waals surface area contributed by atoms with E-state index in [9.17, 15) is 0 Å². The van der Waals surface area contributed by atoms with Crippen LogP contribution in [-0.4, -0.2) is 30.7 Å². The van der Waals surface area contributed by atoms with Gasteiger partial charge < -0.3 is 16.9 Å². The molecule has 0 radical (unpaired) electrons. The van der Waals surface area contributed by atoms with Gasteiger partial charge in [-0.15, -0.1) is 0 Å². The fraction of sp³-hybridized carbons (Fsp3) is 1.00. The molecule has 0 spiro atoms. The average molecular weight is 587 g/mol. The summed E-state index contributed by atoms with van der Waals surface area (Å²) in [5.41, 5.74) is 0. The number of hydrogen-bond acceptors (Lipinski definition) is 0. The van der Waals surface area contributed by atoms with Gasteiger partial charge >= 0.3 is 0 Å². The lowest BCUT2D eigenvalue weighted by atomic mass is 9.95. The lowest BCUT2D eigenvalue weighted by Crippen LogP contribution is -3.00. The first-order valence-electron chi connectivity index (χ1n) is 19.0. The van der Waals surface area contributed by atoms with Gasteiger partial charge in [0.2, 0.25) is 0 Å². The van der Waals surface area contributed by atoms with E-state index in [0.717, 1.165) is 6.04 Å². The Balaban J connectivity index is 0. The van der Waals surface area contributed by atoms with Crippen LogP contribution >= 0.6 is 0 Å². The van der Waals surface area contributed by atoms with Crippen molar-refractivity contribution in [2.75, 3.05) is 20.1 Å². The SMILES string of the molecule is CCCCCCCCCCC(CCCCCCCCCC)[N+](C)(CCCCCCCC)CCCCCCCC.[Cl-]. The molecule has 0 aromatic rings. The quantitative estimate of drug-likeness (QED) is 0.0530. The summed E-state index contributed by atoms with van der Waals surface area (Å²) in [6.45, 7) is 12.2. The van der Waals surface area contributed by atoms with Gasteiger partial charge in [0.15, 0.2) is 0 Å². The van der Waals surface area contributed by atoms with Crippen molar-refractivity contribution in [2.24, 2.45) is 0 Å². The van der Waals surface area contributed by atoms with Gasteiger partial charge in [-0.3, -0.25) is 0 Å². The number of halogens is 1. The number of nitrogens with zero attached hydrogens (tertiary/aromatic N) is 1. The Morgan fingerprint density at radius 3 is 0.825 bits per heavy atom. The van der Waals surface area contributed by atoms with Crippen LogP contribution in [0.5, 0.6) is 0 Å². The maximum absolute atomic E-state index is 2.69. The Bertz CT molecular complexity index is 415. The molecule has 0 aromatic heterocycles. The lowest BCUT2D eigenvalue weighted by Gasteiger charge is -2.43. The monoisotopic (exact) mass is 586 g/mol. The molecule has 0 bridgehead atoms. The molecule has 0 unspecified atom stereocenters. The summed E-state index contributed by atoms with van der Waals surface area (Å²) in [6.07, 6.45) is 43.6. The van der Waals surface area contributed by atoms with Crippen LogP contribution in [0, 0.1) is 0 Å². The van der Waals surface area contributed by atoms with E-state index in [2.05, 4.69) is 34.7 Å². The summed E-state index contributed by atoms with van der Waals surface area (Å²) in [4.78, 5) is 0. The molecule has 0 saturated carbocycles. The van der Waals surface area contributed by atoms with Gasteiger partial charge in [0.1, 0.15) is 0 Å². The highest BCUT2D eigenvalue weighted by atomic mass is 35.5. The molecule has 0 aromatic carbocycles. The highest BCUT2D eigenvalue weighted by Gasteiger charge is 2.31. The van der Waals surface area contributed by atoms with Crippen molar-refractivity contribution in [3.8, 4) is 0 Å². The van der Waals surface area contributed by atoms with Gasteiger partial charge in [-0.05, 0) is 51.4 Å². The first-order valence-corrected chi connectivity index (χ1v) is 19.0. The van der Waals surface area contributed by atoms with Crippen LogP contribution < -0.4 is 12.4 Å². The molecule has 0 amide bonds. The van der Waals surface area contributed by atoms with Gasteiger partial charge in [0, 0.05) is 0 Å². The molecule has 0 aliphatic heterocycles. The number of quaternary nitrogens is 1. The van der Waals surface area contributed by atoms with Crippen LogP contribution in [0.2, 0.25) is 0 Å². The summed E-state index contributed by atoms with van der Waals surface area (Å²) >= 11 is 0. The van der Waals surface area contributed by atoms with Crippen LogP contribution in [0.3, 0.4) is 0 Å². The van der Waals surface area contributed by atoms with Gasteiger partial charge in [-0.1, -0.05) is 169 Å². The molecule has 0 rings (SSSR count). The summed E-state index contributed by atoms with van der Waals surface area (Å²) in [5, 5.41) is 0. The minimum Gasteiger partial charge on any atom is -1.00 e. The molecule has 0 aliphatic carbocycles. The Hall–Kier alpha value is 0.250. The van der Waals surface area contributed by atoms with Crippen LogP contribution in [0.1, 0.15) is 220 Å². The summed E-state index contributed by atoms with van der Waals surface area (Å²) in [6, 6.07) is 0.913. The zero-order valence-electron chi connectivity index (χ0n) is 29.0. The molecule has 0 heterocycles. The summed E-state index contributed by atoms with van der Waals surface area (Å²) < 4.78 is 1.40. The first-order chi connectivity index (χ1) is 19.1. The maximum Gasteiger partial charge on any atom is 0.0888 e. The van der Waals surface area contributed by atoms with E-state index in [0.29, 0.717) is 0 Å². The predicted octanol–water partition coefficient (Wildman–Crippen LogP) is 10.6. The van der Waals surface area contributed by atoms with E-state index in [1.54, 1.807) is 0 Å². The van der Waals surface area contributed by atoms with E-state index in [1.165, 1.54) is 210 Å². The normalized spacial score (nSPS) is 11.8. The van der Waals surface area contributed by atoms with Crippen molar-refractivity contribution in [1.29, 1.82) is 0 Å². The molecule has 0 N–H and O–H groups in total. The topological polar surface area (TPSA) is 0 Å². The second kappa shape index (κ2) is 33.7. The Kier molecular flexibility index (Phi) is 35.8. The van der Waals surface area contributed by atoms with Crippen molar-refractivity contribution in [3.05, 3.63) is 0 Å². The Morgan fingerprint density at radius 2 is 0.550 bits per heavy atom. The van der Waals surface area contributed by atoms with E-state index in [4.69, 9.17) is 0 Å². The zero-order valence-corrected chi connectivity index (χ0v) is 29.8. The molecule has 0 saturated heterocycles. The molecule has 0 atom stereocenters. The third kappa shape index (κ3) is 27.1. The number of unbranched alkanes of at least 4 members (excludes halogenated alkanes) is 24. The van der Waals surface area contributed by atoms with Crippen molar-refractivity contribution in [2.45, 2.75) is 226 Å². The minimum atomic E-state index is 0. The largest absolute Gasteiger partial charge is 1.00 e. The van der Waals surface area contributed by atoms with Gasteiger partial charge in [-0.2, -0.15) is 0 Å². The van der Waals surface area contributed by atoms with Crippen molar-refractivity contribution < 1.29 is 16.9 Å². The standard InChI is InChI=1S/C38H80N.ClH/c1-6-10-14-18-22-24-26-30-34-38(35-31-27-25-23-19-15-11-7-2)39(5,36-32-28-20-16-12-8-3)37-33-29-21-17-13-9-4;/h38H,6-37H2,1-5H3;1H/q+1;/p-1. The van der Waals surface area contributed by atoms with E-state index >= 15 is 0 Å². The molecular formula is C38H80ClN. The highest BCUT2D eigenvalue weighted by Crippen LogP contribution is 2.26. The summed E-state index contributed by atoms with van der Waals surface area (Å²) in [7, 11) is 2.69. The van der Waals surface area contributed by atoms with Crippen molar-refractivity contribution in [3.63, 3.8) is 0 Å². The Morgan fingerprint density at radius 1 is 0.325 bits per heavy atom. The smallest absolute Gasteiger partial charge is 0.0888 e. The van der Waals surface area contributed by atoms with Gasteiger partial charge in [0.05, 0.1) is 26.2 Å². The van der Waals surface area contributed by atoms with E-state index < -0.39 is 0 Å². The molecule has 244 valence electrons. The third-order valence-electron chi connectivity index (χ3n) is 9.71. The fourth-order valence-corrected chi connectivity index (χ4v) is 6.78. The molecule has 2 heteroatoms. The van der Waals surface area contributed by atoms with Crippen molar-refractivity contribution >= 4 is 0 Å². The molecule has 0 fully saturated rings. The molecule has 40 heavy (non-hydrogen) atoms. The van der Waals surface area contributed by atoms with E-state index in [-0.39, 0.29) is 12.4 Å². The number of hydrogen-bond donors (Lipinski definition) is 0. The Labute approximate surface area is 262 Å². The van der Waals surface area contributed by atoms with Gasteiger partial charge in [-0.25, -0.2) is 0 Å². The molecular weight excluding hydrogens is 506 g/mol. The average Bonchev–Trinajstić information content (AvgIpc) is 2.94. The van der Waals surface area contributed by atoms with E-state index in [1.807, 2.05) is 0 Å². The van der Waals surface area contributed by atoms with Crippen LogP contribution in [0.25, 0.3) is 0 Å². The second-order valence-corrected chi connectivity index (χ2v) is 13.6. The maximum atomic E-state index is 2.69. The minimum absolute atomic E-state index is 0. The van der Waals surface area contributed by atoms with Crippen LogP contribution in [0.4, 0.5) is 0 Å². The van der Waals surface area contributed by atoms with Crippen LogP contribution in [-0.2, 0) is 0 Å². The second-order valence-electron chi connectivity index (χ2n) is 13.6. The number of rotatable bonds is 33.